The van der Waals surface area contributed by atoms with E-state index in [1.165, 1.54) is 19.4 Å². The highest BCUT2D eigenvalue weighted by Gasteiger charge is 2.31. The van der Waals surface area contributed by atoms with Crippen LogP contribution >= 0.6 is 0 Å². The van der Waals surface area contributed by atoms with Gasteiger partial charge in [-0.1, -0.05) is 6.92 Å². The van der Waals surface area contributed by atoms with Crippen LogP contribution in [0.15, 0.2) is 0 Å². The van der Waals surface area contributed by atoms with Crippen LogP contribution in [0.25, 0.3) is 0 Å². The topological polar surface area (TPSA) is 52.6 Å². The molecule has 1 rings (SSSR count). The molecule has 0 radical (unpaired) electrons. The molecule has 1 saturated carbocycles. The van der Waals surface area contributed by atoms with Crippen LogP contribution in [-0.2, 0) is 4.79 Å². The first-order valence-corrected chi connectivity index (χ1v) is 7.15. The second-order valence-electron chi connectivity index (χ2n) is 5.83. The molecule has 0 aromatic carbocycles. The van der Waals surface area contributed by atoms with E-state index in [1.807, 2.05) is 6.92 Å². The average molecular weight is 256 g/mol. The van der Waals surface area contributed by atoms with Crippen LogP contribution in [0, 0.1) is 5.92 Å². The van der Waals surface area contributed by atoms with Gasteiger partial charge in [0.2, 0.25) is 0 Å². The monoisotopic (exact) mass is 256 g/mol. The van der Waals surface area contributed by atoms with Crippen molar-refractivity contribution in [3.8, 4) is 0 Å². The van der Waals surface area contributed by atoms with Gasteiger partial charge in [0.15, 0.2) is 0 Å². The van der Waals surface area contributed by atoms with Gasteiger partial charge >= 0.3 is 5.97 Å². The molecule has 1 aliphatic rings. The number of nitrogens with one attached hydrogen (secondary N) is 1. The summed E-state index contributed by atoms with van der Waals surface area (Å²) in [6.45, 7) is 6.73. The van der Waals surface area contributed by atoms with Gasteiger partial charge in [-0.05, 0) is 65.1 Å². The van der Waals surface area contributed by atoms with E-state index >= 15 is 0 Å². The molecule has 0 heterocycles. The molecular weight excluding hydrogens is 228 g/mol. The van der Waals surface area contributed by atoms with Gasteiger partial charge in [-0.15, -0.1) is 0 Å². The summed E-state index contributed by atoms with van der Waals surface area (Å²) in [7, 11) is 2.17. The number of aliphatic carboxylic acids is 1. The standard InChI is InChI=1S/C14H28N2O2/c1-4-15-14(2,13(17)18)9-5-6-10-16(3)11-12-7-8-12/h12,15H,4-11H2,1-3H3,(H,17,18). The van der Waals surface area contributed by atoms with Crippen molar-refractivity contribution in [3.05, 3.63) is 0 Å². The zero-order chi connectivity index (χ0) is 13.6. The van der Waals surface area contributed by atoms with Crippen LogP contribution in [0.1, 0.15) is 46.0 Å². The van der Waals surface area contributed by atoms with Crippen molar-refractivity contribution in [2.24, 2.45) is 5.92 Å². The maximum absolute atomic E-state index is 11.2. The quantitative estimate of drug-likeness (QED) is 0.587. The Bertz CT molecular complexity index is 267. The Morgan fingerprint density at radius 2 is 2.11 bits per heavy atom. The van der Waals surface area contributed by atoms with Crippen molar-refractivity contribution < 1.29 is 9.90 Å². The lowest BCUT2D eigenvalue weighted by atomic mass is 9.95. The van der Waals surface area contributed by atoms with Crippen LogP contribution in [0.5, 0.6) is 0 Å². The summed E-state index contributed by atoms with van der Waals surface area (Å²) >= 11 is 0. The molecule has 0 saturated heterocycles. The number of unbranched alkanes of at least 4 members (excludes halogenated alkanes) is 1. The van der Waals surface area contributed by atoms with Crippen LogP contribution in [-0.4, -0.2) is 48.2 Å². The van der Waals surface area contributed by atoms with Gasteiger partial charge in [0.25, 0.3) is 0 Å². The minimum atomic E-state index is -0.760. The maximum Gasteiger partial charge on any atom is 0.323 e. The van der Waals surface area contributed by atoms with E-state index in [1.54, 1.807) is 6.92 Å². The summed E-state index contributed by atoms with van der Waals surface area (Å²) in [5.41, 5.74) is -0.760. The first kappa shape index (κ1) is 15.4. The van der Waals surface area contributed by atoms with E-state index in [0.717, 1.165) is 25.3 Å². The largest absolute Gasteiger partial charge is 0.480 e. The second kappa shape index (κ2) is 7.10. The third-order valence-electron chi connectivity index (χ3n) is 3.77. The number of hydrogen-bond acceptors (Lipinski definition) is 3. The number of carbonyl (C=O) groups is 1. The normalized spacial score (nSPS) is 18.9. The molecule has 1 unspecified atom stereocenters. The summed E-state index contributed by atoms with van der Waals surface area (Å²) in [5.74, 6) is 0.191. The highest BCUT2D eigenvalue weighted by molar-refractivity contribution is 5.78. The summed E-state index contributed by atoms with van der Waals surface area (Å²) in [4.78, 5) is 13.6. The summed E-state index contributed by atoms with van der Waals surface area (Å²) in [6.07, 6.45) is 5.53. The van der Waals surface area contributed by atoms with E-state index in [4.69, 9.17) is 0 Å². The minimum Gasteiger partial charge on any atom is -0.480 e. The Hall–Kier alpha value is -0.610. The van der Waals surface area contributed by atoms with Gasteiger partial charge in [-0.2, -0.15) is 0 Å². The lowest BCUT2D eigenvalue weighted by molar-refractivity contribution is -0.144. The number of likely N-dealkylation sites (N-methyl/N-ethyl adjacent to an activating group) is 1. The number of rotatable bonds is 10. The molecule has 18 heavy (non-hydrogen) atoms. The maximum atomic E-state index is 11.2. The molecule has 1 fully saturated rings. The summed E-state index contributed by atoms with van der Waals surface area (Å²) < 4.78 is 0. The molecule has 0 aromatic rings. The number of hydrogen-bond donors (Lipinski definition) is 2. The van der Waals surface area contributed by atoms with E-state index in [-0.39, 0.29) is 0 Å². The van der Waals surface area contributed by atoms with Crippen molar-refractivity contribution in [3.63, 3.8) is 0 Å². The summed E-state index contributed by atoms with van der Waals surface area (Å²) in [6, 6.07) is 0. The van der Waals surface area contributed by atoms with Crippen LogP contribution < -0.4 is 5.32 Å². The molecule has 0 aromatic heterocycles. The fourth-order valence-corrected chi connectivity index (χ4v) is 2.35. The Morgan fingerprint density at radius 3 is 2.61 bits per heavy atom. The van der Waals surface area contributed by atoms with Gasteiger partial charge in [0.05, 0.1) is 0 Å². The highest BCUT2D eigenvalue weighted by Crippen LogP contribution is 2.29. The number of carboxylic acids is 1. The third-order valence-corrected chi connectivity index (χ3v) is 3.77. The minimum absolute atomic E-state index is 0.699. The fraction of sp³-hybridized carbons (Fsp3) is 0.929. The number of nitrogens with zero attached hydrogens (tertiary/aromatic N) is 1. The lowest BCUT2D eigenvalue weighted by Gasteiger charge is -2.26. The van der Waals surface area contributed by atoms with E-state index in [9.17, 15) is 9.90 Å². The Labute approximate surface area is 111 Å². The molecule has 4 nitrogen and oxygen atoms in total. The molecule has 0 amide bonds. The summed E-state index contributed by atoms with van der Waals surface area (Å²) in [5, 5.41) is 12.3. The molecule has 0 bridgehead atoms. The first-order valence-electron chi connectivity index (χ1n) is 7.15. The molecule has 1 aliphatic carbocycles. The SMILES string of the molecule is CCNC(C)(CCCCN(C)CC1CC1)C(=O)O. The molecular formula is C14H28N2O2. The van der Waals surface area contributed by atoms with Gasteiger partial charge in [0.1, 0.15) is 5.54 Å². The molecule has 4 heteroatoms. The van der Waals surface area contributed by atoms with Crippen molar-refractivity contribution in [1.82, 2.24) is 10.2 Å². The van der Waals surface area contributed by atoms with Crippen LogP contribution in [0.2, 0.25) is 0 Å². The van der Waals surface area contributed by atoms with Gasteiger partial charge in [-0.25, -0.2) is 0 Å². The van der Waals surface area contributed by atoms with Crippen LogP contribution in [0.3, 0.4) is 0 Å². The van der Waals surface area contributed by atoms with Crippen molar-refractivity contribution in [2.45, 2.75) is 51.5 Å². The van der Waals surface area contributed by atoms with Crippen molar-refractivity contribution in [2.75, 3.05) is 26.7 Å². The third kappa shape index (κ3) is 5.36. The van der Waals surface area contributed by atoms with Crippen molar-refractivity contribution >= 4 is 5.97 Å². The van der Waals surface area contributed by atoms with Gasteiger partial charge < -0.3 is 15.3 Å². The molecule has 0 spiro atoms. The predicted octanol–water partition coefficient (Wildman–Crippen LogP) is 1.95. The van der Waals surface area contributed by atoms with E-state index in [0.29, 0.717) is 13.0 Å². The second-order valence-corrected chi connectivity index (χ2v) is 5.83. The Balaban J connectivity index is 2.15. The Morgan fingerprint density at radius 1 is 1.44 bits per heavy atom. The van der Waals surface area contributed by atoms with E-state index < -0.39 is 11.5 Å². The molecule has 1 atom stereocenters. The number of carboxylic acid groups (broad SMARTS) is 1. The average Bonchev–Trinajstić information content (AvgIpc) is 3.08. The molecule has 106 valence electrons. The highest BCUT2D eigenvalue weighted by atomic mass is 16.4. The van der Waals surface area contributed by atoms with Crippen LogP contribution in [0.4, 0.5) is 0 Å². The zero-order valence-electron chi connectivity index (χ0n) is 12.0. The van der Waals surface area contributed by atoms with Gasteiger partial charge in [0, 0.05) is 6.54 Å². The smallest absolute Gasteiger partial charge is 0.323 e. The lowest BCUT2D eigenvalue weighted by Crippen LogP contribution is -2.49. The Kier molecular flexibility index (Phi) is 6.09. The van der Waals surface area contributed by atoms with Gasteiger partial charge in [-0.3, -0.25) is 4.79 Å². The fourth-order valence-electron chi connectivity index (χ4n) is 2.35. The van der Waals surface area contributed by atoms with Crippen molar-refractivity contribution in [1.29, 1.82) is 0 Å². The molecule has 2 N–H and O–H groups in total. The zero-order valence-corrected chi connectivity index (χ0v) is 12.0. The van der Waals surface area contributed by atoms with E-state index in [2.05, 4.69) is 17.3 Å². The molecule has 0 aliphatic heterocycles. The first-order chi connectivity index (χ1) is 8.48. The predicted molar refractivity (Wildman–Crippen MR) is 73.8 cm³/mol.